The fraction of sp³-hybridized carbons (Fsp3) is 0.600. The van der Waals surface area contributed by atoms with E-state index in [0.717, 1.165) is 29.1 Å². The molecule has 0 saturated carbocycles. The van der Waals surface area contributed by atoms with Crippen LogP contribution in [-0.2, 0) is 0 Å². The Balaban J connectivity index is 1.88. The van der Waals surface area contributed by atoms with Gasteiger partial charge in [0.25, 0.3) is 0 Å². The molecule has 1 fully saturated rings. The Hall–Kier alpha value is -0.870. The third kappa shape index (κ3) is 2.40. The first-order valence-electron chi connectivity index (χ1n) is 7.33. The third-order valence-corrected chi connectivity index (χ3v) is 5.88. The molecule has 1 aliphatic rings. The van der Waals surface area contributed by atoms with Crippen LogP contribution in [0.5, 0.6) is 0 Å². The van der Waals surface area contributed by atoms with Crippen molar-refractivity contribution in [2.75, 3.05) is 18.0 Å². The summed E-state index contributed by atoms with van der Waals surface area (Å²) in [4.78, 5) is 12.2. The van der Waals surface area contributed by atoms with Crippen molar-refractivity contribution < 1.29 is 0 Å². The lowest BCUT2D eigenvalue weighted by Gasteiger charge is -2.41. The second kappa shape index (κ2) is 5.49. The first kappa shape index (κ1) is 14.1. The molecule has 0 bridgehead atoms. The fourth-order valence-electron chi connectivity index (χ4n) is 3.21. The molecule has 108 valence electrons. The van der Waals surface area contributed by atoms with Gasteiger partial charge >= 0.3 is 0 Å². The Morgan fingerprint density at radius 3 is 2.60 bits per heavy atom. The van der Waals surface area contributed by atoms with Crippen LogP contribution < -0.4 is 4.90 Å². The Kier molecular flexibility index (Phi) is 3.87. The van der Waals surface area contributed by atoms with Crippen LogP contribution in [0, 0.1) is 5.41 Å². The van der Waals surface area contributed by atoms with E-state index in [9.17, 15) is 0 Å². The molecule has 2 aromatic heterocycles. The average Bonchev–Trinajstić information content (AvgIpc) is 2.94. The van der Waals surface area contributed by atoms with Gasteiger partial charge in [0, 0.05) is 13.1 Å². The molecule has 3 heterocycles. The predicted molar refractivity (Wildman–Crippen MR) is 86.9 cm³/mol. The number of thiophene rings is 1. The Morgan fingerprint density at radius 2 is 1.95 bits per heavy atom. The molecule has 0 radical (unpaired) electrons. The molecule has 1 saturated heterocycles. The fourth-order valence-corrected chi connectivity index (χ4v) is 4.18. The van der Waals surface area contributed by atoms with Crippen molar-refractivity contribution in [1.82, 2.24) is 9.97 Å². The second-order valence-electron chi connectivity index (χ2n) is 5.65. The van der Waals surface area contributed by atoms with Gasteiger partial charge < -0.3 is 4.90 Å². The molecule has 3 nitrogen and oxygen atoms in total. The maximum atomic E-state index is 6.07. The second-order valence-corrected chi connectivity index (χ2v) is 6.88. The van der Waals surface area contributed by atoms with Gasteiger partial charge in [-0.15, -0.1) is 11.3 Å². The summed E-state index contributed by atoms with van der Waals surface area (Å²) in [5, 5.41) is 3.56. The van der Waals surface area contributed by atoms with E-state index in [-0.39, 0.29) is 0 Å². The number of hydrogen-bond donors (Lipinski definition) is 0. The van der Waals surface area contributed by atoms with E-state index in [1.54, 1.807) is 11.3 Å². The van der Waals surface area contributed by atoms with Crippen LogP contribution in [0.25, 0.3) is 10.2 Å². The summed E-state index contributed by atoms with van der Waals surface area (Å²) in [7, 11) is 0. The summed E-state index contributed by atoms with van der Waals surface area (Å²) in [6.45, 7) is 6.77. The zero-order valence-corrected chi connectivity index (χ0v) is 13.6. The van der Waals surface area contributed by atoms with Gasteiger partial charge in [0.15, 0.2) is 0 Å². The van der Waals surface area contributed by atoms with Crippen LogP contribution in [-0.4, -0.2) is 23.1 Å². The topological polar surface area (TPSA) is 29.0 Å². The lowest BCUT2D eigenvalue weighted by Crippen LogP contribution is -2.40. The minimum absolute atomic E-state index is 0.359. The predicted octanol–water partition coefficient (Wildman–Crippen LogP) is 4.75. The van der Waals surface area contributed by atoms with Gasteiger partial charge in [-0.2, -0.15) is 4.98 Å². The molecule has 0 unspecified atom stereocenters. The molecule has 0 aliphatic carbocycles. The summed E-state index contributed by atoms with van der Waals surface area (Å²) >= 11 is 7.69. The molecular formula is C15H20ClN3S. The maximum Gasteiger partial charge on any atom is 0.225 e. The smallest absolute Gasteiger partial charge is 0.225 e. The minimum Gasteiger partial charge on any atom is -0.356 e. The zero-order chi connectivity index (χ0) is 14.2. The molecule has 1 aliphatic heterocycles. The van der Waals surface area contributed by atoms with Crippen molar-refractivity contribution in [2.45, 2.75) is 39.5 Å². The molecule has 0 atom stereocenters. The van der Waals surface area contributed by atoms with E-state index in [4.69, 9.17) is 11.6 Å². The molecule has 20 heavy (non-hydrogen) atoms. The average molecular weight is 310 g/mol. The molecule has 3 rings (SSSR count). The highest BCUT2D eigenvalue weighted by molar-refractivity contribution is 7.16. The first-order chi connectivity index (χ1) is 9.67. The largest absolute Gasteiger partial charge is 0.356 e. The Morgan fingerprint density at radius 1 is 1.25 bits per heavy atom. The van der Waals surface area contributed by atoms with E-state index in [2.05, 4.69) is 40.2 Å². The summed E-state index contributed by atoms with van der Waals surface area (Å²) in [6.07, 6.45) is 5.03. The number of fused-ring (bicyclic) bond motifs is 1. The van der Waals surface area contributed by atoms with Crippen molar-refractivity contribution in [3.8, 4) is 0 Å². The highest BCUT2D eigenvalue weighted by Crippen LogP contribution is 2.40. The van der Waals surface area contributed by atoms with Crippen molar-refractivity contribution in [2.24, 2.45) is 5.41 Å². The van der Waals surface area contributed by atoms with E-state index in [1.807, 2.05) is 0 Å². The number of aromatic nitrogens is 2. The number of nitrogens with zero attached hydrogens (tertiary/aromatic N) is 3. The molecule has 0 amide bonds. The maximum absolute atomic E-state index is 6.07. The van der Waals surface area contributed by atoms with Crippen LogP contribution in [0.2, 0.25) is 5.28 Å². The van der Waals surface area contributed by atoms with Crippen molar-refractivity contribution >= 4 is 39.0 Å². The zero-order valence-electron chi connectivity index (χ0n) is 12.0. The first-order valence-corrected chi connectivity index (χ1v) is 8.59. The van der Waals surface area contributed by atoms with Gasteiger partial charge in [0.2, 0.25) is 5.28 Å². The number of hydrogen-bond acceptors (Lipinski definition) is 4. The highest BCUT2D eigenvalue weighted by atomic mass is 35.5. The summed E-state index contributed by atoms with van der Waals surface area (Å²) < 4.78 is 0. The van der Waals surface area contributed by atoms with Gasteiger partial charge in [-0.1, -0.05) is 26.7 Å². The van der Waals surface area contributed by atoms with Gasteiger partial charge in [0.05, 0.1) is 5.39 Å². The highest BCUT2D eigenvalue weighted by Gasteiger charge is 2.32. The van der Waals surface area contributed by atoms with Crippen molar-refractivity contribution in [3.63, 3.8) is 0 Å². The molecule has 2 aromatic rings. The SMILES string of the molecule is CCC1(CC)CCN(c2nc(Cl)nc3sccc23)CC1. The minimum atomic E-state index is 0.359. The lowest BCUT2D eigenvalue weighted by molar-refractivity contribution is 0.199. The van der Waals surface area contributed by atoms with Crippen LogP contribution in [0.3, 0.4) is 0 Å². The van der Waals surface area contributed by atoms with Gasteiger partial charge in [-0.3, -0.25) is 0 Å². The Bertz CT molecular complexity index is 596. The number of halogens is 1. The van der Waals surface area contributed by atoms with E-state index >= 15 is 0 Å². The standard InChI is InChI=1S/C15H20ClN3S/c1-3-15(4-2)6-8-19(9-7-15)12-11-5-10-20-13(11)18-14(16)17-12/h5,10H,3-4,6-9H2,1-2H3. The molecule has 0 spiro atoms. The summed E-state index contributed by atoms with van der Waals surface area (Å²) in [5.74, 6) is 1.02. The number of rotatable bonds is 3. The normalized spacial score (nSPS) is 18.6. The van der Waals surface area contributed by atoms with Gasteiger partial charge in [0.1, 0.15) is 10.6 Å². The lowest BCUT2D eigenvalue weighted by atomic mass is 9.74. The molecule has 0 aromatic carbocycles. The number of anilines is 1. The number of piperidine rings is 1. The van der Waals surface area contributed by atoms with E-state index in [1.165, 1.54) is 25.7 Å². The van der Waals surface area contributed by atoms with Crippen molar-refractivity contribution in [1.29, 1.82) is 0 Å². The van der Waals surface area contributed by atoms with Gasteiger partial charge in [-0.25, -0.2) is 4.98 Å². The monoisotopic (exact) mass is 309 g/mol. The van der Waals surface area contributed by atoms with Crippen molar-refractivity contribution in [3.05, 3.63) is 16.7 Å². The van der Waals surface area contributed by atoms with Crippen LogP contribution in [0.15, 0.2) is 11.4 Å². The van der Waals surface area contributed by atoms with E-state index < -0.39 is 0 Å². The summed E-state index contributed by atoms with van der Waals surface area (Å²) in [6, 6.07) is 2.10. The Labute approximate surface area is 129 Å². The quantitative estimate of drug-likeness (QED) is 0.766. The molecule has 0 N–H and O–H groups in total. The van der Waals surface area contributed by atoms with Crippen LogP contribution >= 0.6 is 22.9 Å². The van der Waals surface area contributed by atoms with Gasteiger partial charge in [-0.05, 0) is 41.3 Å². The van der Waals surface area contributed by atoms with Crippen LogP contribution in [0.4, 0.5) is 5.82 Å². The van der Waals surface area contributed by atoms with Crippen LogP contribution in [0.1, 0.15) is 39.5 Å². The molecule has 5 heteroatoms. The third-order valence-electron chi connectivity index (χ3n) is 4.90. The summed E-state index contributed by atoms with van der Waals surface area (Å²) in [5.41, 5.74) is 0.529. The molecular weight excluding hydrogens is 290 g/mol. The van der Waals surface area contributed by atoms with E-state index in [0.29, 0.717) is 10.7 Å².